The van der Waals surface area contributed by atoms with E-state index in [2.05, 4.69) is 116 Å². The molecule has 0 heterocycles. The zero-order valence-corrected chi connectivity index (χ0v) is 43.4. The van der Waals surface area contributed by atoms with E-state index in [-0.39, 0.29) is 12.5 Å². The molecule has 378 valence electrons. The molecule has 3 N–H and O–H groups in total. The third-order valence-electron chi connectivity index (χ3n) is 12.2. The van der Waals surface area contributed by atoms with E-state index in [4.69, 9.17) is 0 Å². The van der Waals surface area contributed by atoms with Gasteiger partial charge in [-0.15, -0.1) is 0 Å². The van der Waals surface area contributed by atoms with Crippen molar-refractivity contribution in [3.05, 3.63) is 109 Å². The van der Waals surface area contributed by atoms with E-state index in [1.165, 1.54) is 154 Å². The molecule has 0 aromatic heterocycles. The second-order valence-electron chi connectivity index (χ2n) is 18.6. The van der Waals surface area contributed by atoms with Crippen molar-refractivity contribution in [2.45, 2.75) is 270 Å². The minimum absolute atomic E-state index is 0.0858. The summed E-state index contributed by atoms with van der Waals surface area (Å²) in [6.07, 6.45) is 85.3. The normalized spacial score (nSPS) is 13.7. The molecule has 2 atom stereocenters. The summed E-state index contributed by atoms with van der Waals surface area (Å²) < 4.78 is 0. The van der Waals surface area contributed by atoms with Gasteiger partial charge < -0.3 is 15.5 Å². The van der Waals surface area contributed by atoms with E-state index < -0.39 is 12.1 Å². The van der Waals surface area contributed by atoms with Crippen molar-refractivity contribution in [3.8, 4) is 0 Å². The molecule has 0 rings (SSSR count). The average molecular weight is 915 g/mol. The molecule has 0 aliphatic heterocycles. The van der Waals surface area contributed by atoms with E-state index in [0.29, 0.717) is 6.42 Å². The van der Waals surface area contributed by atoms with E-state index in [9.17, 15) is 15.0 Å². The van der Waals surface area contributed by atoms with Crippen molar-refractivity contribution < 1.29 is 15.0 Å². The Bertz CT molecular complexity index is 1270. The number of allylic oxidation sites excluding steroid dienone is 17. The Labute approximate surface area is 410 Å². The zero-order chi connectivity index (χ0) is 47.7. The van der Waals surface area contributed by atoms with Gasteiger partial charge in [0.25, 0.3) is 0 Å². The Morgan fingerprint density at radius 2 is 0.682 bits per heavy atom. The van der Waals surface area contributed by atoms with Gasteiger partial charge in [0.2, 0.25) is 5.91 Å². The van der Waals surface area contributed by atoms with Gasteiger partial charge in [-0.1, -0.05) is 264 Å². The first kappa shape index (κ1) is 63.1. The second kappa shape index (κ2) is 56.4. The largest absolute Gasteiger partial charge is 0.394 e. The topological polar surface area (TPSA) is 69.6 Å². The fourth-order valence-corrected chi connectivity index (χ4v) is 7.98. The molecule has 0 aromatic carbocycles. The highest BCUT2D eigenvalue weighted by molar-refractivity contribution is 5.76. The Hall–Kier alpha value is -2.95. The summed E-state index contributed by atoms with van der Waals surface area (Å²) in [5.41, 5.74) is 0. The van der Waals surface area contributed by atoms with E-state index >= 15 is 0 Å². The third-order valence-corrected chi connectivity index (χ3v) is 12.2. The van der Waals surface area contributed by atoms with Crippen molar-refractivity contribution >= 4 is 5.91 Å². The Morgan fingerprint density at radius 1 is 0.379 bits per heavy atom. The third kappa shape index (κ3) is 52.0. The van der Waals surface area contributed by atoms with Gasteiger partial charge in [-0.2, -0.15) is 0 Å². The Morgan fingerprint density at radius 3 is 1.06 bits per heavy atom. The number of rotatable bonds is 50. The van der Waals surface area contributed by atoms with Crippen LogP contribution in [0.2, 0.25) is 0 Å². The predicted molar refractivity (Wildman–Crippen MR) is 294 cm³/mol. The number of carbonyl (C=O) groups is 1. The maximum absolute atomic E-state index is 12.5. The van der Waals surface area contributed by atoms with Crippen LogP contribution in [0.3, 0.4) is 0 Å². The number of aliphatic hydroxyl groups excluding tert-OH is 2. The van der Waals surface area contributed by atoms with Crippen LogP contribution in [0.4, 0.5) is 0 Å². The van der Waals surface area contributed by atoms with Crippen molar-refractivity contribution in [2.75, 3.05) is 6.61 Å². The summed E-state index contributed by atoms with van der Waals surface area (Å²) in [6.45, 7) is 4.19. The Kier molecular flexibility index (Phi) is 53.9. The maximum atomic E-state index is 12.5. The molecular formula is C62H107NO3. The van der Waals surface area contributed by atoms with Gasteiger partial charge in [0.05, 0.1) is 18.8 Å². The number of hydrogen-bond donors (Lipinski definition) is 3. The molecule has 0 aromatic rings. The van der Waals surface area contributed by atoms with E-state index in [0.717, 1.165) is 83.5 Å². The molecule has 0 spiro atoms. The van der Waals surface area contributed by atoms with Gasteiger partial charge in [0.1, 0.15) is 0 Å². The minimum Gasteiger partial charge on any atom is -0.394 e. The van der Waals surface area contributed by atoms with Gasteiger partial charge in [-0.3, -0.25) is 4.79 Å². The summed E-state index contributed by atoms with van der Waals surface area (Å²) in [4.78, 5) is 12.5. The molecule has 66 heavy (non-hydrogen) atoms. The van der Waals surface area contributed by atoms with Crippen LogP contribution in [0.15, 0.2) is 109 Å². The van der Waals surface area contributed by atoms with Gasteiger partial charge in [-0.05, 0) is 96.3 Å². The van der Waals surface area contributed by atoms with Gasteiger partial charge in [-0.25, -0.2) is 0 Å². The summed E-state index contributed by atoms with van der Waals surface area (Å²) in [5.74, 6) is -0.0858. The predicted octanol–water partition coefficient (Wildman–Crippen LogP) is 18.7. The van der Waals surface area contributed by atoms with Crippen LogP contribution in [0.25, 0.3) is 0 Å². The molecule has 4 heteroatoms. The SMILES string of the molecule is CC/C=C\C/C=C\C/C=C\C/C=C\C/C=C\C/C=C\CCCCCCCCCCCCC(=O)NC(CO)C(O)/C=C/CC/C=C/CC/C=C/CCCCCCCCCCCCCCCCC. The average Bonchev–Trinajstić information content (AvgIpc) is 3.32. The first-order valence-electron chi connectivity index (χ1n) is 28.1. The van der Waals surface area contributed by atoms with Crippen molar-refractivity contribution in [1.29, 1.82) is 0 Å². The van der Waals surface area contributed by atoms with Crippen LogP contribution >= 0.6 is 0 Å². The fourth-order valence-electron chi connectivity index (χ4n) is 7.98. The van der Waals surface area contributed by atoms with Crippen LogP contribution in [0.5, 0.6) is 0 Å². The molecule has 0 bridgehead atoms. The molecule has 0 radical (unpaired) electrons. The van der Waals surface area contributed by atoms with Crippen LogP contribution in [-0.4, -0.2) is 34.9 Å². The first-order chi connectivity index (χ1) is 32.7. The summed E-state index contributed by atoms with van der Waals surface area (Å²) in [6, 6.07) is -0.656. The van der Waals surface area contributed by atoms with Crippen molar-refractivity contribution in [1.82, 2.24) is 5.32 Å². The number of amides is 1. The lowest BCUT2D eigenvalue weighted by Gasteiger charge is -2.19. The molecule has 0 saturated carbocycles. The number of hydrogen-bond acceptors (Lipinski definition) is 3. The lowest BCUT2D eigenvalue weighted by molar-refractivity contribution is -0.123. The van der Waals surface area contributed by atoms with E-state index in [1.807, 2.05) is 6.08 Å². The smallest absolute Gasteiger partial charge is 0.220 e. The van der Waals surface area contributed by atoms with E-state index in [1.54, 1.807) is 6.08 Å². The highest BCUT2D eigenvalue weighted by atomic mass is 16.3. The molecule has 0 fully saturated rings. The minimum atomic E-state index is -0.880. The molecule has 0 aliphatic rings. The number of unbranched alkanes of at least 4 members (excludes halogenated alkanes) is 27. The monoisotopic (exact) mass is 914 g/mol. The number of nitrogens with one attached hydrogen (secondary N) is 1. The van der Waals surface area contributed by atoms with Crippen molar-refractivity contribution in [3.63, 3.8) is 0 Å². The van der Waals surface area contributed by atoms with Crippen LogP contribution in [-0.2, 0) is 4.79 Å². The number of aliphatic hydroxyl groups is 2. The standard InChI is InChI=1S/C62H107NO3/c1-3-5-7-9-11-13-15-17-19-21-23-25-27-29-30-31-32-34-36-38-40-42-44-46-48-50-52-54-56-58-62(66)63-60(59-64)61(65)57-55-53-51-49-47-45-43-41-39-37-35-33-28-26-24-22-20-18-16-14-12-10-8-6-4-2/h5,7,11,13,17,19,23,25,29-30,32,34,39,41,47,49,55,57,60-61,64-65H,3-4,6,8-10,12,14-16,18,20-22,24,26-28,31,33,35-38,40,42-46,48,50-54,56,58-59H2,1-2H3,(H,63,66)/b7-5-,13-11-,19-17-,25-23-,30-29-,34-32-,41-39+,49-47+,57-55+. The highest BCUT2D eigenvalue weighted by Crippen LogP contribution is 2.15. The fraction of sp³-hybridized carbons (Fsp3) is 0.694. The van der Waals surface area contributed by atoms with Crippen LogP contribution < -0.4 is 5.32 Å². The summed E-state index contributed by atoms with van der Waals surface area (Å²) in [5, 5.41) is 23.1. The molecule has 1 amide bonds. The lowest BCUT2D eigenvalue weighted by atomic mass is 10.0. The molecule has 0 saturated heterocycles. The molecule has 0 aliphatic carbocycles. The summed E-state index contributed by atoms with van der Waals surface area (Å²) in [7, 11) is 0. The zero-order valence-electron chi connectivity index (χ0n) is 43.4. The Balaban J connectivity index is 3.63. The first-order valence-corrected chi connectivity index (χ1v) is 28.1. The highest BCUT2D eigenvalue weighted by Gasteiger charge is 2.17. The van der Waals surface area contributed by atoms with Gasteiger partial charge >= 0.3 is 0 Å². The second-order valence-corrected chi connectivity index (χ2v) is 18.6. The molecule has 2 unspecified atom stereocenters. The summed E-state index contributed by atoms with van der Waals surface area (Å²) >= 11 is 0. The molecule has 4 nitrogen and oxygen atoms in total. The van der Waals surface area contributed by atoms with Crippen molar-refractivity contribution in [2.24, 2.45) is 0 Å². The van der Waals surface area contributed by atoms with Gasteiger partial charge in [0, 0.05) is 6.42 Å². The van der Waals surface area contributed by atoms with Crippen LogP contribution in [0.1, 0.15) is 258 Å². The maximum Gasteiger partial charge on any atom is 0.220 e. The number of carbonyl (C=O) groups excluding carboxylic acids is 1. The quantitative estimate of drug-likeness (QED) is 0.0421. The van der Waals surface area contributed by atoms with Crippen LogP contribution in [0, 0.1) is 0 Å². The van der Waals surface area contributed by atoms with Gasteiger partial charge in [0.15, 0.2) is 0 Å². The molecular weight excluding hydrogens is 807 g/mol. The lowest BCUT2D eigenvalue weighted by Crippen LogP contribution is -2.45.